The van der Waals surface area contributed by atoms with Gasteiger partial charge < -0.3 is 0 Å². The molecule has 0 N–H and O–H groups in total. The van der Waals surface area contributed by atoms with Crippen LogP contribution >= 0.6 is 0 Å². The van der Waals surface area contributed by atoms with Gasteiger partial charge in [0.2, 0.25) is 0 Å². The summed E-state index contributed by atoms with van der Waals surface area (Å²) < 4.78 is 1.82. The Hall–Kier alpha value is -2.59. The highest BCUT2D eigenvalue weighted by Crippen LogP contribution is 2.40. The highest BCUT2D eigenvalue weighted by Gasteiger charge is 2.28. The summed E-state index contributed by atoms with van der Waals surface area (Å²) in [5.74, 6) is 0.237. The molecule has 0 radical (unpaired) electrons. The molecule has 4 heteroatoms. The van der Waals surface area contributed by atoms with Crippen LogP contribution in [0.5, 0.6) is 0 Å². The smallest absolute Gasteiger partial charge is 0.128 e. The summed E-state index contributed by atoms with van der Waals surface area (Å²) in [6.45, 7) is 0.272. The van der Waals surface area contributed by atoms with Crippen LogP contribution in [0, 0.1) is 22.7 Å². The predicted octanol–water partition coefficient (Wildman–Crippen LogP) is 3.41. The number of benzene rings is 1. The summed E-state index contributed by atoms with van der Waals surface area (Å²) >= 11 is 0. The van der Waals surface area contributed by atoms with E-state index in [0.717, 1.165) is 36.2 Å². The molecule has 0 saturated heterocycles. The van der Waals surface area contributed by atoms with Crippen LogP contribution in [0.15, 0.2) is 30.3 Å². The summed E-state index contributed by atoms with van der Waals surface area (Å²) in [5.41, 5.74) is 4.34. The highest BCUT2D eigenvalue weighted by atomic mass is 15.3. The minimum atomic E-state index is 0.237. The number of fused-ring (bicyclic) bond motifs is 1. The first kappa shape index (κ1) is 13.4. The van der Waals surface area contributed by atoms with E-state index in [-0.39, 0.29) is 12.5 Å². The van der Waals surface area contributed by atoms with Gasteiger partial charge in [-0.3, -0.25) is 4.68 Å². The van der Waals surface area contributed by atoms with Crippen LogP contribution in [0.3, 0.4) is 0 Å². The van der Waals surface area contributed by atoms with E-state index in [9.17, 15) is 0 Å². The van der Waals surface area contributed by atoms with Gasteiger partial charge >= 0.3 is 0 Å². The van der Waals surface area contributed by atoms with Crippen LogP contribution in [-0.2, 0) is 13.0 Å². The van der Waals surface area contributed by atoms with E-state index in [1.807, 2.05) is 35.0 Å². The van der Waals surface area contributed by atoms with Crippen molar-refractivity contribution in [2.75, 3.05) is 0 Å². The van der Waals surface area contributed by atoms with E-state index in [1.165, 1.54) is 5.56 Å². The zero-order chi connectivity index (χ0) is 14.7. The van der Waals surface area contributed by atoms with Crippen molar-refractivity contribution in [3.05, 3.63) is 41.6 Å². The molecular weight excluding hydrogens is 260 g/mol. The van der Waals surface area contributed by atoms with Gasteiger partial charge in [0.05, 0.1) is 17.8 Å². The lowest BCUT2D eigenvalue weighted by Gasteiger charge is -2.21. The van der Waals surface area contributed by atoms with E-state index in [0.29, 0.717) is 6.42 Å². The first-order chi connectivity index (χ1) is 10.3. The van der Waals surface area contributed by atoms with Crippen molar-refractivity contribution in [2.24, 2.45) is 0 Å². The number of rotatable bonds is 3. The Morgan fingerprint density at radius 1 is 1.19 bits per heavy atom. The number of nitriles is 2. The van der Waals surface area contributed by atoms with Gasteiger partial charge in [-0.1, -0.05) is 30.3 Å². The van der Waals surface area contributed by atoms with Crippen LogP contribution in [0.2, 0.25) is 0 Å². The monoisotopic (exact) mass is 276 g/mol. The third-order valence-corrected chi connectivity index (χ3v) is 4.08. The lowest BCUT2D eigenvalue weighted by atomic mass is 9.82. The highest BCUT2D eigenvalue weighted by molar-refractivity contribution is 5.65. The molecule has 2 aromatic rings. The number of hydrogen-bond donors (Lipinski definition) is 0. The summed E-state index contributed by atoms with van der Waals surface area (Å²) in [4.78, 5) is 0. The second-order valence-electron chi connectivity index (χ2n) is 5.34. The van der Waals surface area contributed by atoms with Crippen LogP contribution in [0.1, 0.15) is 36.4 Å². The van der Waals surface area contributed by atoms with Crippen molar-refractivity contribution in [3.63, 3.8) is 0 Å². The molecular formula is C17H16N4. The predicted molar refractivity (Wildman–Crippen MR) is 79.2 cm³/mol. The Morgan fingerprint density at radius 2 is 2.00 bits per heavy atom. The molecule has 1 heterocycles. The fourth-order valence-corrected chi connectivity index (χ4v) is 3.18. The van der Waals surface area contributed by atoms with Crippen LogP contribution < -0.4 is 0 Å². The average Bonchev–Trinajstić information content (AvgIpc) is 2.89. The first-order valence-corrected chi connectivity index (χ1v) is 7.24. The van der Waals surface area contributed by atoms with Crippen molar-refractivity contribution < 1.29 is 0 Å². The Morgan fingerprint density at radius 3 is 2.71 bits per heavy atom. The van der Waals surface area contributed by atoms with Crippen LogP contribution in [-0.4, -0.2) is 9.78 Å². The molecule has 1 unspecified atom stereocenters. The maximum absolute atomic E-state index is 9.09. The first-order valence-electron chi connectivity index (χ1n) is 7.24. The standard InChI is InChI=1S/C17H16N4/c18-10-9-13-7-4-8-15-16(13)17(20-21(15)12-11-19)14-5-2-1-3-6-14/h1-3,5-6,13H,4,7-9,12H2. The molecule has 0 fully saturated rings. The molecule has 3 rings (SSSR count). The molecule has 0 amide bonds. The van der Waals surface area contributed by atoms with Gasteiger partial charge in [0.25, 0.3) is 0 Å². The Labute approximate surface area is 124 Å². The van der Waals surface area contributed by atoms with E-state index in [1.54, 1.807) is 0 Å². The minimum absolute atomic E-state index is 0.237. The number of aromatic nitrogens is 2. The molecule has 0 bridgehead atoms. The Bertz CT molecular complexity index is 716. The van der Waals surface area contributed by atoms with Crippen molar-refractivity contribution in [2.45, 2.75) is 38.1 Å². The molecule has 104 valence electrons. The maximum Gasteiger partial charge on any atom is 0.128 e. The van der Waals surface area contributed by atoms with Gasteiger partial charge in [-0.25, -0.2) is 0 Å². The normalized spacial score (nSPS) is 16.8. The van der Waals surface area contributed by atoms with Crippen molar-refractivity contribution in [3.8, 4) is 23.4 Å². The van der Waals surface area contributed by atoms with Crippen LogP contribution in [0.25, 0.3) is 11.3 Å². The van der Waals surface area contributed by atoms with Crippen molar-refractivity contribution >= 4 is 0 Å². The van der Waals surface area contributed by atoms with Crippen molar-refractivity contribution in [1.29, 1.82) is 10.5 Å². The molecule has 1 aliphatic rings. The molecule has 0 aliphatic heterocycles. The third-order valence-electron chi connectivity index (χ3n) is 4.08. The summed E-state index contributed by atoms with van der Waals surface area (Å²) in [5, 5.41) is 22.8. The summed E-state index contributed by atoms with van der Waals surface area (Å²) in [6, 6.07) is 14.5. The maximum atomic E-state index is 9.09. The lowest BCUT2D eigenvalue weighted by molar-refractivity contribution is 0.535. The van der Waals surface area contributed by atoms with Gasteiger partial charge in [0, 0.05) is 29.2 Å². The second kappa shape index (κ2) is 5.81. The average molecular weight is 276 g/mol. The Kier molecular flexibility index (Phi) is 3.71. The molecule has 1 aromatic carbocycles. The topological polar surface area (TPSA) is 65.4 Å². The molecule has 1 aliphatic carbocycles. The molecule has 0 spiro atoms. The third kappa shape index (κ3) is 2.41. The SMILES string of the molecule is N#CCC1CCCc2c1c(-c1ccccc1)nn2CC#N. The van der Waals surface area contributed by atoms with Gasteiger partial charge in [-0.05, 0) is 19.3 Å². The van der Waals surface area contributed by atoms with E-state index < -0.39 is 0 Å². The second-order valence-corrected chi connectivity index (χ2v) is 5.34. The van der Waals surface area contributed by atoms with Crippen molar-refractivity contribution in [1.82, 2.24) is 9.78 Å². The quantitative estimate of drug-likeness (QED) is 0.862. The lowest BCUT2D eigenvalue weighted by Crippen LogP contribution is -2.12. The zero-order valence-corrected chi connectivity index (χ0v) is 11.8. The molecule has 1 atom stereocenters. The number of hydrogen-bond acceptors (Lipinski definition) is 3. The zero-order valence-electron chi connectivity index (χ0n) is 11.8. The molecule has 4 nitrogen and oxygen atoms in total. The van der Waals surface area contributed by atoms with E-state index in [4.69, 9.17) is 10.5 Å². The van der Waals surface area contributed by atoms with Gasteiger partial charge in [-0.2, -0.15) is 15.6 Å². The van der Waals surface area contributed by atoms with Crippen LogP contribution in [0.4, 0.5) is 0 Å². The summed E-state index contributed by atoms with van der Waals surface area (Å²) in [7, 11) is 0. The largest absolute Gasteiger partial charge is 0.254 e. The molecule has 21 heavy (non-hydrogen) atoms. The fourth-order valence-electron chi connectivity index (χ4n) is 3.18. The minimum Gasteiger partial charge on any atom is -0.254 e. The Balaban J connectivity index is 2.16. The fraction of sp³-hybridized carbons (Fsp3) is 0.353. The van der Waals surface area contributed by atoms with Gasteiger partial charge in [0.15, 0.2) is 0 Å². The number of nitrogens with zero attached hydrogens (tertiary/aromatic N) is 4. The molecule has 0 saturated carbocycles. The summed E-state index contributed by atoms with van der Waals surface area (Å²) in [6.07, 6.45) is 3.55. The van der Waals surface area contributed by atoms with E-state index in [2.05, 4.69) is 17.2 Å². The van der Waals surface area contributed by atoms with E-state index >= 15 is 0 Å². The van der Waals surface area contributed by atoms with Gasteiger partial charge in [-0.15, -0.1) is 0 Å². The molecule has 1 aromatic heterocycles. The van der Waals surface area contributed by atoms with Gasteiger partial charge in [0.1, 0.15) is 6.54 Å².